The highest BCUT2D eigenvalue weighted by Crippen LogP contribution is 2.23. The maximum absolute atomic E-state index is 13.5. The van der Waals surface area contributed by atoms with E-state index in [2.05, 4.69) is 16.1 Å². The van der Waals surface area contributed by atoms with Gasteiger partial charge in [0.1, 0.15) is 5.82 Å². The van der Waals surface area contributed by atoms with E-state index in [0.717, 1.165) is 6.42 Å². The second kappa shape index (κ2) is 6.90. The van der Waals surface area contributed by atoms with Crippen LogP contribution >= 0.6 is 0 Å². The Morgan fingerprint density at radius 1 is 1.50 bits per heavy atom. The smallest absolute Gasteiger partial charge is 0.340 e. The van der Waals surface area contributed by atoms with Crippen LogP contribution in [0.3, 0.4) is 0 Å². The highest BCUT2D eigenvalue weighted by molar-refractivity contribution is 5.90. The van der Waals surface area contributed by atoms with Crippen molar-refractivity contribution in [1.82, 2.24) is 0 Å². The lowest BCUT2D eigenvalue weighted by Crippen LogP contribution is -2.23. The third-order valence-electron chi connectivity index (χ3n) is 3.06. The van der Waals surface area contributed by atoms with E-state index < -0.39 is 11.8 Å². The summed E-state index contributed by atoms with van der Waals surface area (Å²) in [5.74, 6) is -1.30. The van der Waals surface area contributed by atoms with Crippen LogP contribution in [0.5, 0.6) is 0 Å². The molecule has 1 rings (SSSR count). The number of nitriles is 1. The van der Waals surface area contributed by atoms with Gasteiger partial charge in [-0.15, -0.1) is 0 Å². The number of carbonyl (C=O) groups excluding carboxylic acids is 1. The number of esters is 1. The van der Waals surface area contributed by atoms with Crippen molar-refractivity contribution in [3.05, 3.63) is 29.6 Å². The van der Waals surface area contributed by atoms with Gasteiger partial charge in [-0.3, -0.25) is 0 Å². The number of halogens is 1. The number of carbonyl (C=O) groups is 1. The van der Waals surface area contributed by atoms with Gasteiger partial charge in [-0.25, -0.2) is 9.18 Å². The molecule has 0 aliphatic rings. The molecule has 1 aromatic rings. The zero-order valence-corrected chi connectivity index (χ0v) is 12.0. The molecule has 1 N–H and O–H groups in total. The lowest BCUT2D eigenvalue weighted by molar-refractivity contribution is 0.0595. The van der Waals surface area contributed by atoms with E-state index in [1.165, 1.54) is 19.2 Å². The second-order valence-corrected chi connectivity index (χ2v) is 5.36. The van der Waals surface area contributed by atoms with Crippen molar-refractivity contribution in [3.8, 4) is 6.07 Å². The van der Waals surface area contributed by atoms with Gasteiger partial charge >= 0.3 is 5.97 Å². The quantitative estimate of drug-likeness (QED) is 0.810. The van der Waals surface area contributed by atoms with E-state index in [0.29, 0.717) is 18.7 Å². The minimum absolute atomic E-state index is 0.0600. The summed E-state index contributed by atoms with van der Waals surface area (Å²) in [6.07, 6.45) is 1.26. The average Bonchev–Trinajstić information content (AvgIpc) is 2.43. The largest absolute Gasteiger partial charge is 0.465 e. The minimum atomic E-state index is -0.699. The first-order valence-corrected chi connectivity index (χ1v) is 6.38. The summed E-state index contributed by atoms with van der Waals surface area (Å²) in [7, 11) is 1.22. The molecule has 0 saturated heterocycles. The van der Waals surface area contributed by atoms with Gasteiger partial charge in [-0.05, 0) is 30.0 Å². The number of methoxy groups -OCH3 is 1. The summed E-state index contributed by atoms with van der Waals surface area (Å²) < 4.78 is 18.0. The Hall–Kier alpha value is -2.09. The molecule has 0 atom stereocenters. The summed E-state index contributed by atoms with van der Waals surface area (Å²) in [4.78, 5) is 11.4. The van der Waals surface area contributed by atoms with E-state index in [1.807, 2.05) is 13.8 Å². The third kappa shape index (κ3) is 4.54. The summed E-state index contributed by atoms with van der Waals surface area (Å²) in [6, 6.07) is 6.36. The summed E-state index contributed by atoms with van der Waals surface area (Å²) in [5.41, 5.74) is 0.499. The maximum atomic E-state index is 13.5. The predicted octanol–water partition coefficient (Wildman–Crippen LogP) is 3.35. The van der Waals surface area contributed by atoms with E-state index in [-0.39, 0.29) is 11.0 Å². The van der Waals surface area contributed by atoms with E-state index in [1.54, 1.807) is 6.07 Å². The molecule has 0 unspecified atom stereocenters. The first-order valence-electron chi connectivity index (χ1n) is 6.38. The van der Waals surface area contributed by atoms with Crippen molar-refractivity contribution < 1.29 is 13.9 Å². The predicted molar refractivity (Wildman–Crippen MR) is 74.9 cm³/mol. The van der Waals surface area contributed by atoms with Crippen LogP contribution in [-0.4, -0.2) is 19.6 Å². The van der Waals surface area contributed by atoms with Crippen molar-refractivity contribution in [2.75, 3.05) is 19.0 Å². The van der Waals surface area contributed by atoms with Crippen LogP contribution in [0.25, 0.3) is 0 Å². The number of anilines is 1. The van der Waals surface area contributed by atoms with Gasteiger partial charge in [0.2, 0.25) is 0 Å². The van der Waals surface area contributed by atoms with Crippen LogP contribution in [0.1, 0.15) is 37.0 Å². The topological polar surface area (TPSA) is 62.1 Å². The molecule has 5 heteroatoms. The van der Waals surface area contributed by atoms with Crippen LogP contribution < -0.4 is 5.32 Å². The summed E-state index contributed by atoms with van der Waals surface area (Å²) >= 11 is 0. The zero-order chi connectivity index (χ0) is 15.2. The highest BCUT2D eigenvalue weighted by Gasteiger charge is 2.18. The molecule has 0 aromatic heterocycles. The standard InChI is InChI=1S/C15H19FN2O2/c1-15(2,7-4-8-17)10-18-11-5-6-13(16)12(9-11)14(19)20-3/h5-6,9,18H,4,7,10H2,1-3H3. The molecule has 1 aromatic carbocycles. The molecule has 20 heavy (non-hydrogen) atoms. The molecule has 0 spiro atoms. The fourth-order valence-electron chi connectivity index (χ4n) is 1.73. The average molecular weight is 278 g/mol. The lowest BCUT2D eigenvalue weighted by Gasteiger charge is -2.24. The lowest BCUT2D eigenvalue weighted by atomic mass is 9.88. The maximum Gasteiger partial charge on any atom is 0.340 e. The van der Waals surface area contributed by atoms with Crippen LogP contribution in [0.4, 0.5) is 10.1 Å². The van der Waals surface area contributed by atoms with E-state index in [4.69, 9.17) is 5.26 Å². The number of benzene rings is 1. The molecule has 0 aliphatic heterocycles. The summed E-state index contributed by atoms with van der Waals surface area (Å²) in [5, 5.41) is 11.8. The SMILES string of the molecule is COC(=O)c1cc(NCC(C)(C)CCC#N)ccc1F. The van der Waals surface area contributed by atoms with Crippen LogP contribution in [0, 0.1) is 22.6 Å². The monoisotopic (exact) mass is 278 g/mol. The molecule has 0 saturated carbocycles. The Kier molecular flexibility index (Phi) is 5.51. The van der Waals surface area contributed by atoms with Crippen molar-refractivity contribution in [2.24, 2.45) is 5.41 Å². The number of hydrogen-bond donors (Lipinski definition) is 1. The van der Waals surface area contributed by atoms with Crippen molar-refractivity contribution in [1.29, 1.82) is 5.26 Å². The van der Waals surface area contributed by atoms with Gasteiger partial charge in [0.25, 0.3) is 0 Å². The molecule has 0 bridgehead atoms. The summed E-state index contributed by atoms with van der Waals surface area (Å²) in [6.45, 7) is 4.71. The highest BCUT2D eigenvalue weighted by atomic mass is 19.1. The molecule has 0 heterocycles. The first kappa shape index (κ1) is 16.0. The Balaban J connectivity index is 2.74. The van der Waals surface area contributed by atoms with Gasteiger partial charge in [-0.2, -0.15) is 5.26 Å². The van der Waals surface area contributed by atoms with Gasteiger partial charge in [0.05, 0.1) is 18.7 Å². The molecule has 0 fully saturated rings. The van der Waals surface area contributed by atoms with Crippen LogP contribution in [0.2, 0.25) is 0 Å². The zero-order valence-electron chi connectivity index (χ0n) is 12.0. The Bertz CT molecular complexity index is 521. The molecule has 0 radical (unpaired) electrons. The normalized spacial score (nSPS) is 10.8. The second-order valence-electron chi connectivity index (χ2n) is 5.36. The minimum Gasteiger partial charge on any atom is -0.465 e. The molecule has 108 valence electrons. The fraction of sp³-hybridized carbons (Fsp3) is 0.467. The van der Waals surface area contributed by atoms with Crippen LogP contribution in [0.15, 0.2) is 18.2 Å². The van der Waals surface area contributed by atoms with Crippen molar-refractivity contribution in [2.45, 2.75) is 26.7 Å². The number of nitrogens with one attached hydrogen (secondary N) is 1. The Labute approximate surface area is 118 Å². The Morgan fingerprint density at radius 3 is 2.80 bits per heavy atom. The molecular formula is C15H19FN2O2. The van der Waals surface area contributed by atoms with Gasteiger partial charge in [0.15, 0.2) is 0 Å². The van der Waals surface area contributed by atoms with Gasteiger partial charge in [0, 0.05) is 18.7 Å². The number of hydrogen-bond acceptors (Lipinski definition) is 4. The Morgan fingerprint density at radius 2 is 2.20 bits per heavy atom. The number of ether oxygens (including phenoxy) is 1. The number of rotatable bonds is 6. The van der Waals surface area contributed by atoms with Crippen molar-refractivity contribution >= 4 is 11.7 Å². The molecule has 0 amide bonds. The van der Waals surface area contributed by atoms with Crippen LogP contribution in [-0.2, 0) is 4.74 Å². The van der Waals surface area contributed by atoms with Gasteiger partial charge < -0.3 is 10.1 Å². The molecule has 4 nitrogen and oxygen atoms in total. The molecule has 0 aliphatic carbocycles. The fourth-order valence-corrected chi connectivity index (χ4v) is 1.73. The first-order chi connectivity index (χ1) is 9.39. The van der Waals surface area contributed by atoms with Gasteiger partial charge in [-0.1, -0.05) is 13.8 Å². The third-order valence-corrected chi connectivity index (χ3v) is 3.06. The molecular weight excluding hydrogens is 259 g/mol. The van der Waals surface area contributed by atoms with E-state index >= 15 is 0 Å². The van der Waals surface area contributed by atoms with Crippen molar-refractivity contribution in [3.63, 3.8) is 0 Å². The number of nitrogens with zero attached hydrogens (tertiary/aromatic N) is 1. The van der Waals surface area contributed by atoms with E-state index in [9.17, 15) is 9.18 Å².